The van der Waals surface area contributed by atoms with Crippen LogP contribution in [0.1, 0.15) is 40.9 Å². The fourth-order valence-electron chi connectivity index (χ4n) is 4.43. The number of carbonyl (C=O) groups excluding carboxylic acids is 1. The number of hydrogen-bond acceptors (Lipinski definition) is 5. The van der Waals surface area contributed by atoms with Crippen molar-refractivity contribution < 1.29 is 9.90 Å². The van der Waals surface area contributed by atoms with E-state index in [-0.39, 0.29) is 18.4 Å². The molecule has 1 amide bonds. The lowest BCUT2D eigenvalue weighted by Gasteiger charge is -2.34. The van der Waals surface area contributed by atoms with Gasteiger partial charge in [0.25, 0.3) is 5.91 Å². The first-order chi connectivity index (χ1) is 14.6. The van der Waals surface area contributed by atoms with Crippen molar-refractivity contribution in [1.82, 2.24) is 10.2 Å². The smallest absolute Gasteiger partial charge is 0.253 e. The second-order valence-electron chi connectivity index (χ2n) is 8.34. The zero-order valence-corrected chi connectivity index (χ0v) is 18.8. The van der Waals surface area contributed by atoms with Crippen LogP contribution in [0.2, 0.25) is 4.34 Å². The number of benzene rings is 1. The third-order valence-corrected chi connectivity index (χ3v) is 7.46. The third kappa shape index (κ3) is 5.35. The van der Waals surface area contributed by atoms with Crippen LogP contribution in [0.5, 0.6) is 0 Å². The third-order valence-electron chi connectivity index (χ3n) is 6.23. The van der Waals surface area contributed by atoms with Gasteiger partial charge in [0.05, 0.1) is 4.34 Å². The first-order valence-corrected chi connectivity index (χ1v) is 12.0. The number of halogens is 1. The van der Waals surface area contributed by atoms with E-state index in [0.29, 0.717) is 12.6 Å². The van der Waals surface area contributed by atoms with E-state index in [1.165, 1.54) is 10.6 Å². The summed E-state index contributed by atoms with van der Waals surface area (Å²) in [6, 6.07) is 12.6. The molecule has 4 rings (SSSR count). The highest BCUT2D eigenvalue weighted by atomic mass is 35.5. The van der Waals surface area contributed by atoms with E-state index in [1.54, 1.807) is 11.3 Å². The fraction of sp³-hybridized carbons (Fsp3) is 0.522. The molecule has 7 heteroatoms. The minimum atomic E-state index is 0.0799. The van der Waals surface area contributed by atoms with E-state index < -0.39 is 0 Å². The van der Waals surface area contributed by atoms with Crippen molar-refractivity contribution in [1.29, 1.82) is 0 Å². The van der Waals surface area contributed by atoms with E-state index in [9.17, 15) is 9.90 Å². The molecule has 0 aliphatic carbocycles. The summed E-state index contributed by atoms with van der Waals surface area (Å²) in [6.45, 7) is 4.52. The van der Waals surface area contributed by atoms with Gasteiger partial charge in [-0.05, 0) is 68.0 Å². The van der Waals surface area contributed by atoms with Gasteiger partial charge in [-0.15, -0.1) is 11.3 Å². The number of rotatable bonds is 6. The van der Waals surface area contributed by atoms with Crippen LogP contribution >= 0.6 is 22.9 Å². The molecule has 1 aromatic heterocycles. The van der Waals surface area contributed by atoms with Crippen LogP contribution in [0.3, 0.4) is 0 Å². The number of carbonyl (C=O) groups is 1. The van der Waals surface area contributed by atoms with Gasteiger partial charge >= 0.3 is 0 Å². The topological polar surface area (TPSA) is 55.8 Å². The molecular formula is C23H30ClN3O2S. The van der Waals surface area contributed by atoms with Gasteiger partial charge in [0.15, 0.2) is 0 Å². The Kier molecular flexibility index (Phi) is 7.31. The number of amides is 1. The molecule has 2 N–H and O–H groups in total. The van der Waals surface area contributed by atoms with Gasteiger partial charge in [-0.1, -0.05) is 11.6 Å². The Bertz CT molecular complexity index is 833. The zero-order chi connectivity index (χ0) is 20.9. The van der Waals surface area contributed by atoms with Crippen LogP contribution in [0.4, 0.5) is 5.69 Å². The van der Waals surface area contributed by atoms with Crippen molar-refractivity contribution in [2.75, 3.05) is 37.7 Å². The molecule has 2 fully saturated rings. The number of hydrogen-bond donors (Lipinski definition) is 2. The van der Waals surface area contributed by atoms with E-state index in [2.05, 4.69) is 28.4 Å². The Labute approximate surface area is 187 Å². The van der Waals surface area contributed by atoms with Crippen molar-refractivity contribution in [3.63, 3.8) is 0 Å². The highest BCUT2D eigenvalue weighted by molar-refractivity contribution is 7.16. The van der Waals surface area contributed by atoms with Crippen LogP contribution in [-0.2, 0) is 6.54 Å². The number of thiophene rings is 1. The summed E-state index contributed by atoms with van der Waals surface area (Å²) in [6.07, 6.45) is 4.19. The molecule has 5 nitrogen and oxygen atoms in total. The van der Waals surface area contributed by atoms with Crippen molar-refractivity contribution in [3.05, 3.63) is 51.2 Å². The van der Waals surface area contributed by atoms with Gasteiger partial charge in [0.2, 0.25) is 0 Å². The SMILES string of the molecule is O=C(c1ccc(N2CCC(NCc3ccc(Cl)s3)CC2)cc1)N1CCCC(CO)C1. The number of nitrogens with one attached hydrogen (secondary N) is 1. The minimum absolute atomic E-state index is 0.0799. The Morgan fingerprint density at radius 1 is 1.10 bits per heavy atom. The summed E-state index contributed by atoms with van der Waals surface area (Å²) in [7, 11) is 0. The zero-order valence-electron chi connectivity index (χ0n) is 17.2. The molecule has 0 saturated carbocycles. The number of piperidine rings is 2. The average Bonchev–Trinajstić information content (AvgIpc) is 3.23. The molecule has 2 aliphatic heterocycles. The number of likely N-dealkylation sites (tertiary alicyclic amines) is 1. The van der Waals surface area contributed by atoms with Crippen molar-refractivity contribution in [2.24, 2.45) is 5.92 Å². The molecule has 1 atom stereocenters. The van der Waals surface area contributed by atoms with E-state index in [4.69, 9.17) is 11.6 Å². The number of anilines is 1. The molecular weight excluding hydrogens is 418 g/mol. The van der Waals surface area contributed by atoms with Gasteiger partial charge in [0, 0.05) is 61.5 Å². The molecule has 2 saturated heterocycles. The van der Waals surface area contributed by atoms with Gasteiger partial charge in [-0.25, -0.2) is 0 Å². The van der Waals surface area contributed by atoms with Crippen molar-refractivity contribution in [3.8, 4) is 0 Å². The molecule has 2 aliphatic rings. The summed E-state index contributed by atoms with van der Waals surface area (Å²) >= 11 is 7.64. The lowest BCUT2D eigenvalue weighted by atomic mass is 9.98. The monoisotopic (exact) mass is 447 g/mol. The Morgan fingerprint density at radius 3 is 2.53 bits per heavy atom. The van der Waals surface area contributed by atoms with Crippen molar-refractivity contribution >= 4 is 34.5 Å². The Balaban J connectivity index is 1.27. The maximum atomic E-state index is 12.8. The van der Waals surface area contributed by atoms with Crippen molar-refractivity contribution in [2.45, 2.75) is 38.3 Å². The molecule has 0 bridgehead atoms. The van der Waals surface area contributed by atoms with Crippen LogP contribution in [0, 0.1) is 5.92 Å². The van der Waals surface area contributed by atoms with Crippen LogP contribution in [-0.4, -0.2) is 54.7 Å². The second-order valence-corrected chi connectivity index (χ2v) is 10.1. The van der Waals surface area contributed by atoms with Gasteiger partial charge in [-0.3, -0.25) is 4.79 Å². The number of aliphatic hydroxyl groups is 1. The average molecular weight is 448 g/mol. The molecule has 3 heterocycles. The molecule has 2 aromatic rings. The van der Waals surface area contributed by atoms with Gasteiger partial charge in [-0.2, -0.15) is 0 Å². The number of nitrogens with zero attached hydrogens (tertiary/aromatic N) is 2. The lowest BCUT2D eigenvalue weighted by molar-refractivity contribution is 0.0620. The molecule has 0 radical (unpaired) electrons. The molecule has 0 spiro atoms. The van der Waals surface area contributed by atoms with Crippen LogP contribution < -0.4 is 10.2 Å². The highest BCUT2D eigenvalue weighted by Crippen LogP contribution is 2.24. The van der Waals surface area contributed by atoms with E-state index in [0.717, 1.165) is 61.8 Å². The molecule has 1 unspecified atom stereocenters. The summed E-state index contributed by atoms with van der Waals surface area (Å²) in [5.41, 5.74) is 1.92. The predicted octanol–water partition coefficient (Wildman–Crippen LogP) is 4.00. The first-order valence-electron chi connectivity index (χ1n) is 10.8. The fourth-order valence-corrected chi connectivity index (χ4v) is 5.47. The maximum absolute atomic E-state index is 12.8. The summed E-state index contributed by atoms with van der Waals surface area (Å²) in [5.74, 6) is 0.296. The first kappa shape index (κ1) is 21.6. The molecule has 162 valence electrons. The summed E-state index contributed by atoms with van der Waals surface area (Å²) in [4.78, 5) is 18.4. The van der Waals surface area contributed by atoms with E-state index in [1.807, 2.05) is 23.1 Å². The standard InChI is InChI=1S/C23H30ClN3O2S/c24-22-8-7-21(30-22)14-25-19-9-12-26(13-10-19)20-5-3-18(4-6-20)23(29)27-11-1-2-17(15-27)16-28/h3-8,17,19,25,28H,1-2,9-16H2. The molecule has 30 heavy (non-hydrogen) atoms. The Morgan fingerprint density at radius 2 is 1.87 bits per heavy atom. The molecule has 1 aromatic carbocycles. The van der Waals surface area contributed by atoms with Crippen LogP contribution in [0.15, 0.2) is 36.4 Å². The lowest BCUT2D eigenvalue weighted by Crippen LogP contribution is -2.42. The quantitative estimate of drug-likeness (QED) is 0.702. The van der Waals surface area contributed by atoms with E-state index >= 15 is 0 Å². The summed E-state index contributed by atoms with van der Waals surface area (Å²) < 4.78 is 0.844. The highest BCUT2D eigenvalue weighted by Gasteiger charge is 2.24. The van der Waals surface area contributed by atoms with Crippen LogP contribution in [0.25, 0.3) is 0 Å². The number of aliphatic hydroxyl groups excluding tert-OH is 1. The minimum Gasteiger partial charge on any atom is -0.396 e. The van der Waals surface area contributed by atoms with Gasteiger partial charge < -0.3 is 20.2 Å². The van der Waals surface area contributed by atoms with Gasteiger partial charge in [0.1, 0.15) is 0 Å². The Hall–Kier alpha value is -1.60. The predicted molar refractivity (Wildman–Crippen MR) is 124 cm³/mol. The largest absolute Gasteiger partial charge is 0.396 e. The second kappa shape index (κ2) is 10.1. The summed E-state index contributed by atoms with van der Waals surface area (Å²) in [5, 5.41) is 13.0. The normalized spacial score (nSPS) is 20.5. The maximum Gasteiger partial charge on any atom is 0.253 e.